The minimum atomic E-state index is -1.01. The third-order valence-corrected chi connectivity index (χ3v) is 5.35. The Morgan fingerprint density at radius 1 is 0.912 bits per heavy atom. The first-order valence-electron chi connectivity index (χ1n) is 11.1. The molecule has 0 radical (unpaired) electrons. The first-order valence-corrected chi connectivity index (χ1v) is 11.1. The molecule has 180 valence electrons. The van der Waals surface area contributed by atoms with E-state index in [2.05, 4.69) is 0 Å². The van der Waals surface area contributed by atoms with Crippen LogP contribution in [0.2, 0.25) is 0 Å². The zero-order valence-corrected chi connectivity index (χ0v) is 20.5. The van der Waals surface area contributed by atoms with E-state index in [1.54, 1.807) is 33.5 Å². The van der Waals surface area contributed by atoms with Crippen molar-refractivity contribution in [3.05, 3.63) is 64.8 Å². The average molecular weight is 466 g/mol. The molecule has 1 heterocycles. The van der Waals surface area contributed by atoms with Crippen LogP contribution in [0.3, 0.4) is 0 Å². The lowest BCUT2D eigenvalue weighted by molar-refractivity contribution is 0.0695. The first-order chi connectivity index (χ1) is 16.3. The Balaban J connectivity index is 2.00. The number of benzene rings is 2. The molecule has 0 unspecified atom stereocenters. The van der Waals surface area contributed by atoms with E-state index in [0.717, 1.165) is 16.7 Å². The lowest BCUT2D eigenvalue weighted by Crippen LogP contribution is -2.09. The van der Waals surface area contributed by atoms with Crippen molar-refractivity contribution in [3.63, 3.8) is 0 Å². The Kier molecular flexibility index (Phi) is 7.99. The fourth-order valence-electron chi connectivity index (χ4n) is 3.78. The summed E-state index contributed by atoms with van der Waals surface area (Å²) >= 11 is 0. The summed E-state index contributed by atoms with van der Waals surface area (Å²) in [7, 11) is 4.68. The second-order valence-corrected chi connectivity index (χ2v) is 8.20. The number of nitrogens with zero attached hydrogens (tertiary/aromatic N) is 1. The predicted molar refractivity (Wildman–Crippen MR) is 131 cm³/mol. The van der Waals surface area contributed by atoms with Gasteiger partial charge in [-0.25, -0.2) is 4.79 Å². The van der Waals surface area contributed by atoms with Crippen LogP contribution in [-0.4, -0.2) is 43.5 Å². The topological polar surface area (TPSA) is 87.1 Å². The summed E-state index contributed by atoms with van der Waals surface area (Å²) in [6.45, 7) is 5.93. The van der Waals surface area contributed by atoms with E-state index in [-0.39, 0.29) is 11.7 Å². The Morgan fingerprint density at radius 3 is 2.15 bits per heavy atom. The number of rotatable bonds is 10. The normalized spacial score (nSPS) is 10.8. The Bertz CT molecular complexity index is 1150. The van der Waals surface area contributed by atoms with E-state index in [1.165, 1.54) is 0 Å². The number of aromatic nitrogens is 1. The molecule has 0 spiro atoms. The standard InChI is InChI=1S/C27H31NO6/c1-16(2)34-23-12-7-17(3)13-20(23)22-11-9-19(27(29)30)21(28-22)10-8-18-14-24(31-4)26(33-6)25(15-18)32-5/h7,9,11-16H,8,10H2,1-6H3,(H,29,30). The fraction of sp³-hybridized carbons (Fsp3) is 0.333. The van der Waals surface area contributed by atoms with Crippen molar-refractivity contribution >= 4 is 5.97 Å². The van der Waals surface area contributed by atoms with E-state index in [1.807, 2.05) is 51.1 Å². The molecule has 0 bridgehead atoms. The van der Waals surface area contributed by atoms with Crippen molar-refractivity contribution in [1.29, 1.82) is 0 Å². The van der Waals surface area contributed by atoms with Crippen molar-refractivity contribution in [2.24, 2.45) is 0 Å². The third kappa shape index (κ3) is 5.60. The number of aryl methyl sites for hydroxylation is 3. The van der Waals surface area contributed by atoms with Gasteiger partial charge in [0.1, 0.15) is 5.75 Å². The molecule has 0 fully saturated rings. The van der Waals surface area contributed by atoms with Gasteiger partial charge in [-0.1, -0.05) is 11.6 Å². The highest BCUT2D eigenvalue weighted by Gasteiger charge is 2.18. The van der Waals surface area contributed by atoms with E-state index in [4.69, 9.17) is 23.9 Å². The molecule has 7 heteroatoms. The highest BCUT2D eigenvalue weighted by Crippen LogP contribution is 2.38. The molecule has 0 aliphatic heterocycles. The third-order valence-electron chi connectivity index (χ3n) is 5.35. The molecule has 1 N–H and O–H groups in total. The van der Waals surface area contributed by atoms with Gasteiger partial charge in [0.25, 0.3) is 0 Å². The largest absolute Gasteiger partial charge is 0.493 e. The van der Waals surface area contributed by atoms with Crippen LogP contribution in [0.1, 0.15) is 41.0 Å². The lowest BCUT2D eigenvalue weighted by atomic mass is 10.0. The maximum Gasteiger partial charge on any atom is 0.337 e. The second kappa shape index (κ2) is 10.9. The van der Waals surface area contributed by atoms with Gasteiger partial charge in [-0.05, 0) is 75.6 Å². The van der Waals surface area contributed by atoms with Gasteiger partial charge in [0, 0.05) is 5.56 Å². The number of hydrogen-bond donors (Lipinski definition) is 1. The van der Waals surface area contributed by atoms with Gasteiger partial charge < -0.3 is 24.1 Å². The number of aromatic carboxylic acids is 1. The molecule has 0 aliphatic rings. The molecular formula is C27H31NO6. The van der Waals surface area contributed by atoms with Crippen LogP contribution in [0.25, 0.3) is 11.3 Å². The summed E-state index contributed by atoms with van der Waals surface area (Å²) in [4.78, 5) is 16.7. The summed E-state index contributed by atoms with van der Waals surface area (Å²) in [6, 6.07) is 13.0. The molecule has 3 rings (SSSR count). The monoisotopic (exact) mass is 465 g/mol. The van der Waals surface area contributed by atoms with Crippen molar-refractivity contribution in [1.82, 2.24) is 4.98 Å². The summed E-state index contributed by atoms with van der Waals surface area (Å²) in [5.74, 6) is 1.31. The minimum absolute atomic E-state index is 0.000692. The molecule has 34 heavy (non-hydrogen) atoms. The maximum atomic E-state index is 11.9. The summed E-state index contributed by atoms with van der Waals surface area (Å²) in [6.07, 6.45) is 0.955. The average Bonchev–Trinajstić information content (AvgIpc) is 2.82. The number of carbonyl (C=O) groups is 1. The molecule has 1 aromatic heterocycles. The van der Waals surface area contributed by atoms with Gasteiger partial charge in [0.15, 0.2) is 11.5 Å². The number of methoxy groups -OCH3 is 3. The molecule has 7 nitrogen and oxygen atoms in total. The number of pyridine rings is 1. The van der Waals surface area contributed by atoms with Crippen molar-refractivity contribution < 1.29 is 28.8 Å². The van der Waals surface area contributed by atoms with Gasteiger partial charge in [-0.15, -0.1) is 0 Å². The lowest BCUT2D eigenvalue weighted by Gasteiger charge is -2.16. The summed E-state index contributed by atoms with van der Waals surface area (Å²) < 4.78 is 22.2. The molecular weight excluding hydrogens is 434 g/mol. The quantitative estimate of drug-likeness (QED) is 0.432. The minimum Gasteiger partial charge on any atom is -0.493 e. The van der Waals surface area contributed by atoms with Gasteiger partial charge in [-0.2, -0.15) is 0 Å². The summed E-state index contributed by atoms with van der Waals surface area (Å²) in [5, 5.41) is 9.75. The van der Waals surface area contributed by atoms with Crippen LogP contribution in [-0.2, 0) is 12.8 Å². The predicted octanol–water partition coefficient (Wildman–Crippen LogP) is 5.35. The van der Waals surface area contributed by atoms with E-state index in [0.29, 0.717) is 47.2 Å². The Hall–Kier alpha value is -3.74. The van der Waals surface area contributed by atoms with Gasteiger partial charge in [0.05, 0.1) is 44.4 Å². The van der Waals surface area contributed by atoms with Crippen LogP contribution >= 0.6 is 0 Å². The smallest absolute Gasteiger partial charge is 0.337 e. The highest BCUT2D eigenvalue weighted by molar-refractivity contribution is 5.89. The van der Waals surface area contributed by atoms with Crippen molar-refractivity contribution in [2.75, 3.05) is 21.3 Å². The first kappa shape index (κ1) is 24.9. The SMILES string of the molecule is COc1cc(CCc2nc(-c3cc(C)ccc3OC(C)C)ccc2C(=O)O)cc(OC)c1OC. The molecule has 2 aromatic carbocycles. The molecule has 0 amide bonds. The van der Waals surface area contributed by atoms with E-state index in [9.17, 15) is 9.90 Å². The summed E-state index contributed by atoms with van der Waals surface area (Å²) in [5.41, 5.74) is 4.15. The van der Waals surface area contributed by atoms with Crippen LogP contribution in [0.4, 0.5) is 0 Å². The molecule has 0 aliphatic carbocycles. The maximum absolute atomic E-state index is 11.9. The molecule has 0 saturated heterocycles. The van der Waals surface area contributed by atoms with Crippen LogP contribution in [0.5, 0.6) is 23.0 Å². The number of hydrogen-bond acceptors (Lipinski definition) is 6. The van der Waals surface area contributed by atoms with Crippen LogP contribution in [0, 0.1) is 6.92 Å². The number of ether oxygens (including phenoxy) is 4. The van der Waals surface area contributed by atoms with E-state index < -0.39 is 5.97 Å². The zero-order valence-electron chi connectivity index (χ0n) is 20.5. The Labute approximate surface area is 200 Å². The van der Waals surface area contributed by atoms with Crippen LogP contribution < -0.4 is 18.9 Å². The zero-order chi connectivity index (χ0) is 24.8. The number of carboxylic acid groups (broad SMARTS) is 1. The van der Waals surface area contributed by atoms with Crippen molar-refractivity contribution in [3.8, 4) is 34.3 Å². The fourth-order valence-corrected chi connectivity index (χ4v) is 3.78. The molecule has 0 saturated carbocycles. The van der Waals surface area contributed by atoms with E-state index >= 15 is 0 Å². The second-order valence-electron chi connectivity index (χ2n) is 8.20. The highest BCUT2D eigenvalue weighted by atomic mass is 16.5. The van der Waals surface area contributed by atoms with Gasteiger partial charge in [-0.3, -0.25) is 4.98 Å². The van der Waals surface area contributed by atoms with Crippen LogP contribution in [0.15, 0.2) is 42.5 Å². The molecule has 3 aromatic rings. The van der Waals surface area contributed by atoms with Gasteiger partial charge in [0.2, 0.25) is 5.75 Å². The van der Waals surface area contributed by atoms with Crippen molar-refractivity contribution in [2.45, 2.75) is 39.7 Å². The number of carboxylic acids is 1. The van der Waals surface area contributed by atoms with Gasteiger partial charge >= 0.3 is 5.97 Å². The Morgan fingerprint density at radius 2 is 1.59 bits per heavy atom. The molecule has 0 atom stereocenters.